The summed E-state index contributed by atoms with van der Waals surface area (Å²) < 4.78 is 21.2. The number of esters is 2. The fourth-order valence-electron chi connectivity index (χ4n) is 4.80. The van der Waals surface area contributed by atoms with Crippen LogP contribution in [0.25, 0.3) is 0 Å². The van der Waals surface area contributed by atoms with Crippen LogP contribution in [0.2, 0.25) is 0 Å². The number of nitro benzene ring substituents is 3. The monoisotopic (exact) mass is 634 g/mol. The van der Waals surface area contributed by atoms with Gasteiger partial charge in [-0.1, -0.05) is 0 Å². The minimum atomic E-state index is -0.951. The third kappa shape index (κ3) is 9.52. The number of methoxy groups -OCH3 is 3. The zero-order chi connectivity index (χ0) is 33.1. The van der Waals surface area contributed by atoms with E-state index in [4.69, 9.17) is 18.9 Å². The zero-order valence-corrected chi connectivity index (χ0v) is 25.0. The van der Waals surface area contributed by atoms with Crippen molar-refractivity contribution in [2.24, 2.45) is 0 Å². The molecular weight excluding hydrogens is 600 g/mol. The standard InChI is InChI=1S/C27H34N6O12/c1-42-24(34)16-29-6-4-18-12-20(28-26-22(32(38)39)14-21(31(36)37)15-23(26)33(40)41)13-19(27(18)44-3)5-7-30(17-25(35)43-2)9-11-45-10-8-29/h12-15,28H,4-11,16-17H2,1-3H3. The molecule has 18 heteroatoms. The molecule has 45 heavy (non-hydrogen) atoms. The molecule has 3 rings (SSSR count). The number of rotatable bonds is 10. The summed E-state index contributed by atoms with van der Waals surface area (Å²) in [5, 5.41) is 37.8. The van der Waals surface area contributed by atoms with Gasteiger partial charge in [-0.15, -0.1) is 0 Å². The maximum atomic E-state index is 12.1. The summed E-state index contributed by atoms with van der Waals surface area (Å²) in [5.41, 5.74) is -1.62. The van der Waals surface area contributed by atoms with Crippen LogP contribution < -0.4 is 10.1 Å². The number of anilines is 2. The van der Waals surface area contributed by atoms with E-state index in [0.29, 0.717) is 81.2 Å². The summed E-state index contributed by atoms with van der Waals surface area (Å²) in [4.78, 5) is 60.1. The first-order valence-corrected chi connectivity index (χ1v) is 13.7. The van der Waals surface area contributed by atoms with Gasteiger partial charge < -0.3 is 24.3 Å². The highest BCUT2D eigenvalue weighted by Gasteiger charge is 2.31. The van der Waals surface area contributed by atoms with Crippen molar-refractivity contribution >= 4 is 40.4 Å². The Morgan fingerprint density at radius 1 is 0.778 bits per heavy atom. The molecule has 1 aliphatic heterocycles. The Labute approximate surface area is 257 Å². The van der Waals surface area contributed by atoms with Gasteiger partial charge in [-0.2, -0.15) is 0 Å². The summed E-state index contributed by atoms with van der Waals surface area (Å²) in [6, 6.07) is 4.50. The van der Waals surface area contributed by atoms with E-state index in [1.807, 2.05) is 9.80 Å². The fourth-order valence-corrected chi connectivity index (χ4v) is 4.80. The van der Waals surface area contributed by atoms with Crippen LogP contribution in [0.4, 0.5) is 28.4 Å². The molecule has 1 heterocycles. The van der Waals surface area contributed by atoms with Crippen LogP contribution in [0.15, 0.2) is 24.3 Å². The van der Waals surface area contributed by atoms with Gasteiger partial charge in [0.25, 0.3) is 5.69 Å². The Morgan fingerprint density at radius 2 is 1.24 bits per heavy atom. The Bertz CT molecular complexity index is 1350. The molecule has 18 nitrogen and oxygen atoms in total. The molecular formula is C27H34N6O12. The van der Waals surface area contributed by atoms with Gasteiger partial charge in [-0.3, -0.25) is 49.7 Å². The second-order valence-electron chi connectivity index (χ2n) is 9.90. The molecule has 0 aliphatic carbocycles. The molecule has 0 spiro atoms. The minimum Gasteiger partial charge on any atom is -0.496 e. The molecule has 2 aromatic rings. The van der Waals surface area contributed by atoms with Gasteiger partial charge in [0.05, 0.1) is 74.5 Å². The van der Waals surface area contributed by atoms with E-state index in [-0.39, 0.29) is 18.8 Å². The van der Waals surface area contributed by atoms with E-state index in [1.54, 1.807) is 12.1 Å². The Morgan fingerprint density at radius 3 is 1.62 bits per heavy atom. The summed E-state index contributed by atoms with van der Waals surface area (Å²) in [6.07, 6.45) is 0.637. The number of ether oxygens (including phenoxy) is 4. The molecule has 2 bridgehead atoms. The number of nitrogens with zero attached hydrogens (tertiary/aromatic N) is 5. The number of nitro groups is 3. The third-order valence-electron chi connectivity index (χ3n) is 7.06. The summed E-state index contributed by atoms with van der Waals surface area (Å²) >= 11 is 0. The van der Waals surface area contributed by atoms with Gasteiger partial charge in [-0.25, -0.2) is 0 Å². The number of carbonyl (C=O) groups is 2. The van der Waals surface area contributed by atoms with Crippen molar-refractivity contribution in [3.8, 4) is 5.75 Å². The van der Waals surface area contributed by atoms with Crippen LogP contribution >= 0.6 is 0 Å². The number of hydrogen-bond donors (Lipinski definition) is 1. The lowest BCUT2D eigenvalue weighted by Crippen LogP contribution is -2.37. The van der Waals surface area contributed by atoms with Gasteiger partial charge in [-0.05, 0) is 36.1 Å². The molecule has 0 fully saturated rings. The van der Waals surface area contributed by atoms with Crippen molar-refractivity contribution in [2.75, 3.05) is 79.1 Å². The fraction of sp³-hybridized carbons (Fsp3) is 0.481. The van der Waals surface area contributed by atoms with Gasteiger partial charge in [0.15, 0.2) is 5.69 Å². The SMILES string of the molecule is COC(=O)CN1CCOCCN(CC(=O)OC)CCc2cc(Nc3c([N+](=O)[O-])cc([N+](=O)[O-])cc3[N+](=O)[O-])cc(c2OC)CC1. The van der Waals surface area contributed by atoms with E-state index in [2.05, 4.69) is 5.32 Å². The lowest BCUT2D eigenvalue weighted by atomic mass is 10.0. The predicted octanol–water partition coefficient (Wildman–Crippen LogP) is 2.23. The molecule has 1 N–H and O–H groups in total. The number of benzene rings is 2. The topological polar surface area (TPSA) is 219 Å². The van der Waals surface area contributed by atoms with Gasteiger partial charge in [0.1, 0.15) is 5.75 Å². The van der Waals surface area contributed by atoms with Crippen LogP contribution in [0.1, 0.15) is 11.1 Å². The van der Waals surface area contributed by atoms with Crippen molar-refractivity contribution in [2.45, 2.75) is 12.8 Å². The first-order valence-electron chi connectivity index (χ1n) is 13.7. The van der Waals surface area contributed by atoms with Crippen molar-refractivity contribution in [1.82, 2.24) is 9.80 Å². The highest BCUT2D eigenvalue weighted by atomic mass is 16.6. The molecule has 0 unspecified atom stereocenters. The van der Waals surface area contributed by atoms with E-state index in [0.717, 1.165) is 0 Å². The van der Waals surface area contributed by atoms with E-state index >= 15 is 0 Å². The quantitative estimate of drug-likeness (QED) is 0.225. The van der Waals surface area contributed by atoms with Crippen LogP contribution in [0.3, 0.4) is 0 Å². The van der Waals surface area contributed by atoms with Crippen molar-refractivity contribution in [3.05, 3.63) is 65.7 Å². The highest BCUT2D eigenvalue weighted by Crippen LogP contribution is 2.41. The lowest BCUT2D eigenvalue weighted by molar-refractivity contribution is -0.401. The first-order chi connectivity index (χ1) is 21.5. The number of hydrogen-bond acceptors (Lipinski definition) is 15. The van der Waals surface area contributed by atoms with Crippen LogP contribution in [0, 0.1) is 30.3 Å². The molecule has 0 atom stereocenters. The Balaban J connectivity index is 2.13. The smallest absolute Gasteiger partial charge is 0.319 e. The van der Waals surface area contributed by atoms with E-state index < -0.39 is 49.5 Å². The molecule has 2 aromatic carbocycles. The first kappa shape index (κ1) is 34.5. The molecule has 0 saturated heterocycles. The zero-order valence-electron chi connectivity index (χ0n) is 25.0. The summed E-state index contributed by atoms with van der Waals surface area (Å²) in [5.74, 6) is -0.431. The average molecular weight is 635 g/mol. The molecule has 0 radical (unpaired) electrons. The maximum absolute atomic E-state index is 12.1. The second-order valence-corrected chi connectivity index (χ2v) is 9.90. The molecule has 0 saturated carbocycles. The Kier molecular flexibility index (Phi) is 12.5. The molecule has 0 aromatic heterocycles. The van der Waals surface area contributed by atoms with E-state index in [1.165, 1.54) is 21.3 Å². The summed E-state index contributed by atoms with van der Waals surface area (Å²) in [7, 11) is 4.02. The second kappa shape index (κ2) is 16.2. The largest absolute Gasteiger partial charge is 0.496 e. The van der Waals surface area contributed by atoms with Crippen LogP contribution in [0.5, 0.6) is 5.75 Å². The molecule has 1 aliphatic rings. The number of fused-ring (bicyclic) bond motifs is 2. The Hall–Kier alpha value is -4.94. The van der Waals surface area contributed by atoms with Crippen molar-refractivity contribution < 1.29 is 43.3 Å². The van der Waals surface area contributed by atoms with E-state index in [9.17, 15) is 39.9 Å². The van der Waals surface area contributed by atoms with Crippen molar-refractivity contribution in [3.63, 3.8) is 0 Å². The lowest BCUT2D eigenvalue weighted by Gasteiger charge is -2.25. The minimum absolute atomic E-state index is 0.0252. The third-order valence-corrected chi connectivity index (χ3v) is 7.06. The number of carbonyl (C=O) groups excluding carboxylic acids is 2. The molecule has 244 valence electrons. The highest BCUT2D eigenvalue weighted by molar-refractivity contribution is 5.82. The number of nitrogens with one attached hydrogen (secondary N) is 1. The van der Waals surface area contributed by atoms with Gasteiger partial charge in [0, 0.05) is 31.9 Å². The van der Waals surface area contributed by atoms with Crippen molar-refractivity contribution in [1.29, 1.82) is 0 Å². The number of non-ortho nitro benzene ring substituents is 1. The summed E-state index contributed by atoms with van der Waals surface area (Å²) in [6.45, 7) is 1.99. The van der Waals surface area contributed by atoms with Gasteiger partial charge >= 0.3 is 23.3 Å². The normalized spacial score (nSPS) is 14.9. The van der Waals surface area contributed by atoms with Gasteiger partial charge in [0.2, 0.25) is 0 Å². The van der Waals surface area contributed by atoms with Crippen LogP contribution in [-0.4, -0.2) is 110 Å². The predicted molar refractivity (Wildman–Crippen MR) is 158 cm³/mol. The van der Waals surface area contributed by atoms with Crippen LogP contribution in [-0.2, 0) is 36.6 Å². The maximum Gasteiger partial charge on any atom is 0.319 e. The average Bonchev–Trinajstić information content (AvgIpc) is 3.00. The molecule has 0 amide bonds.